The quantitative estimate of drug-likeness (QED) is 0.242. The number of amides is 2. The first-order valence-corrected chi connectivity index (χ1v) is 17.2. The zero-order chi connectivity index (χ0) is 31.9. The molecule has 3 aliphatic rings. The lowest BCUT2D eigenvalue weighted by Gasteiger charge is -2.43. The van der Waals surface area contributed by atoms with Crippen molar-refractivity contribution in [2.45, 2.75) is 77.2 Å². The summed E-state index contributed by atoms with van der Waals surface area (Å²) in [6, 6.07) is 25.3. The SMILES string of the molecule is CCNC(=O)NCc1cccc(-c2cccc([C@H]3O[C@@H](CN4CCC[C@H]4CN4CCCC4)[C@@H](C)[C@@H](c4ccc(CO)cc4)O3)c2)c1. The third-order valence-electron chi connectivity index (χ3n) is 9.91. The van der Waals surface area contributed by atoms with Crippen LogP contribution in [0.1, 0.15) is 74.2 Å². The average molecular weight is 627 g/mol. The molecule has 0 saturated carbocycles. The third-order valence-corrected chi connectivity index (χ3v) is 9.91. The average Bonchev–Trinajstić information content (AvgIpc) is 3.77. The highest BCUT2D eigenvalue weighted by Crippen LogP contribution is 2.43. The van der Waals surface area contributed by atoms with Crippen LogP contribution in [-0.4, -0.2) is 72.4 Å². The van der Waals surface area contributed by atoms with Crippen LogP contribution in [0.3, 0.4) is 0 Å². The number of likely N-dealkylation sites (tertiary alicyclic amines) is 2. The summed E-state index contributed by atoms with van der Waals surface area (Å²) < 4.78 is 13.7. The largest absolute Gasteiger partial charge is 0.392 e. The number of hydrogen-bond donors (Lipinski definition) is 3. The van der Waals surface area contributed by atoms with E-state index in [0.717, 1.165) is 53.0 Å². The van der Waals surface area contributed by atoms with Gasteiger partial charge in [-0.15, -0.1) is 0 Å². The van der Waals surface area contributed by atoms with Gasteiger partial charge in [0.15, 0.2) is 6.29 Å². The molecular weight excluding hydrogens is 576 g/mol. The number of nitrogens with one attached hydrogen (secondary N) is 2. The molecule has 3 saturated heterocycles. The van der Waals surface area contributed by atoms with Crippen molar-refractivity contribution in [3.63, 3.8) is 0 Å². The van der Waals surface area contributed by atoms with Crippen LogP contribution in [-0.2, 0) is 22.6 Å². The van der Waals surface area contributed by atoms with Crippen LogP contribution in [0.2, 0.25) is 0 Å². The maximum absolute atomic E-state index is 11.9. The highest BCUT2D eigenvalue weighted by atomic mass is 16.7. The van der Waals surface area contributed by atoms with Crippen molar-refractivity contribution in [2.75, 3.05) is 39.3 Å². The van der Waals surface area contributed by atoms with Crippen LogP contribution in [0.5, 0.6) is 0 Å². The highest BCUT2D eigenvalue weighted by molar-refractivity contribution is 5.74. The van der Waals surface area contributed by atoms with Gasteiger partial charge in [-0.2, -0.15) is 0 Å². The summed E-state index contributed by atoms with van der Waals surface area (Å²) in [5.74, 6) is 0.154. The molecule has 0 aromatic heterocycles. The Bertz CT molecular complexity index is 1430. The summed E-state index contributed by atoms with van der Waals surface area (Å²) in [4.78, 5) is 17.3. The Morgan fingerprint density at radius 1 is 0.848 bits per heavy atom. The van der Waals surface area contributed by atoms with Gasteiger partial charge in [-0.3, -0.25) is 4.90 Å². The summed E-state index contributed by atoms with van der Waals surface area (Å²) >= 11 is 0. The van der Waals surface area contributed by atoms with Crippen LogP contribution < -0.4 is 10.6 Å². The number of rotatable bonds is 11. The number of aliphatic hydroxyl groups is 1. The molecule has 0 radical (unpaired) electrons. The number of aliphatic hydroxyl groups excluding tert-OH is 1. The maximum atomic E-state index is 11.9. The summed E-state index contributed by atoms with van der Waals surface area (Å²) in [5, 5.41) is 15.3. The molecule has 0 aliphatic carbocycles. The second kappa shape index (κ2) is 15.5. The van der Waals surface area contributed by atoms with Crippen LogP contribution in [0, 0.1) is 5.92 Å². The van der Waals surface area contributed by atoms with E-state index in [1.54, 1.807) is 0 Å². The predicted molar refractivity (Wildman–Crippen MR) is 181 cm³/mol. The van der Waals surface area contributed by atoms with Gasteiger partial charge in [0.2, 0.25) is 0 Å². The second-order valence-corrected chi connectivity index (χ2v) is 13.2. The van der Waals surface area contributed by atoms with Gasteiger partial charge in [0.05, 0.1) is 18.8 Å². The number of ether oxygens (including phenoxy) is 2. The van der Waals surface area contributed by atoms with Crippen LogP contribution in [0.15, 0.2) is 72.8 Å². The van der Waals surface area contributed by atoms with E-state index in [1.807, 2.05) is 31.2 Å². The molecule has 3 heterocycles. The number of hydrogen-bond acceptors (Lipinski definition) is 6. The first-order valence-electron chi connectivity index (χ1n) is 17.2. The molecule has 0 unspecified atom stereocenters. The molecule has 3 N–H and O–H groups in total. The molecule has 3 aromatic rings. The Hall–Kier alpha value is -3.27. The Labute approximate surface area is 274 Å². The van der Waals surface area contributed by atoms with Gasteiger partial charge >= 0.3 is 6.03 Å². The fraction of sp³-hybridized carbons (Fsp3) is 0.500. The van der Waals surface area contributed by atoms with Crippen molar-refractivity contribution in [1.82, 2.24) is 20.4 Å². The minimum Gasteiger partial charge on any atom is -0.392 e. The van der Waals surface area contributed by atoms with Gasteiger partial charge in [0.1, 0.15) is 0 Å². The molecule has 8 heteroatoms. The lowest BCUT2D eigenvalue weighted by Crippen LogP contribution is -2.48. The Morgan fingerprint density at radius 3 is 2.37 bits per heavy atom. The number of benzene rings is 3. The standard InChI is InChI=1S/C38H50N4O4/c1-3-39-38(44)40-23-29-9-6-10-31(21-29)32-11-7-12-33(22-32)37-45-35(25-42-20-8-13-34(42)24-41-18-4-5-19-41)27(2)36(46-37)30-16-14-28(26-43)15-17-30/h6-7,9-12,14-17,21-22,27,34-37,43H,3-5,8,13,18-20,23-26H2,1-2H3,(H2,39,40,44)/t27-,34+,35+,36+,37+/m1/s1. The van der Waals surface area contributed by atoms with Gasteiger partial charge in [-0.1, -0.05) is 67.6 Å². The lowest BCUT2D eigenvalue weighted by atomic mass is 9.89. The van der Waals surface area contributed by atoms with Crippen molar-refractivity contribution in [1.29, 1.82) is 0 Å². The molecular formula is C38H50N4O4. The zero-order valence-electron chi connectivity index (χ0n) is 27.4. The van der Waals surface area contributed by atoms with Crippen molar-refractivity contribution in [3.8, 4) is 11.1 Å². The molecule has 3 fully saturated rings. The highest BCUT2D eigenvalue weighted by Gasteiger charge is 2.41. The summed E-state index contributed by atoms with van der Waals surface area (Å²) in [6.07, 6.45) is 4.50. The molecule has 5 atom stereocenters. The minimum atomic E-state index is -0.508. The molecule has 8 nitrogen and oxygen atoms in total. The molecule has 0 bridgehead atoms. The molecule has 46 heavy (non-hydrogen) atoms. The smallest absolute Gasteiger partial charge is 0.315 e. The van der Waals surface area contributed by atoms with E-state index >= 15 is 0 Å². The van der Waals surface area contributed by atoms with Crippen LogP contribution >= 0.6 is 0 Å². The number of urea groups is 1. The molecule has 0 spiro atoms. The molecule has 2 amide bonds. The Balaban J connectivity index is 1.23. The van der Waals surface area contributed by atoms with Crippen LogP contribution in [0.25, 0.3) is 11.1 Å². The summed E-state index contributed by atoms with van der Waals surface area (Å²) in [5.41, 5.74) is 6.20. The first kappa shape index (κ1) is 32.7. The van der Waals surface area contributed by atoms with E-state index in [1.165, 1.54) is 38.8 Å². The van der Waals surface area contributed by atoms with Crippen molar-refractivity contribution >= 4 is 6.03 Å². The van der Waals surface area contributed by atoms with Crippen molar-refractivity contribution in [3.05, 3.63) is 95.1 Å². The Morgan fingerprint density at radius 2 is 1.61 bits per heavy atom. The first-order chi connectivity index (χ1) is 22.5. The fourth-order valence-electron chi connectivity index (χ4n) is 7.30. The van der Waals surface area contributed by atoms with Gasteiger partial charge < -0.3 is 30.1 Å². The molecule has 246 valence electrons. The molecule has 3 aromatic carbocycles. The summed E-state index contributed by atoms with van der Waals surface area (Å²) in [7, 11) is 0. The van der Waals surface area contributed by atoms with E-state index in [0.29, 0.717) is 19.1 Å². The van der Waals surface area contributed by atoms with E-state index in [2.05, 4.69) is 75.9 Å². The Kier molecular flexibility index (Phi) is 11.0. The number of carbonyl (C=O) groups excluding carboxylic acids is 1. The summed E-state index contributed by atoms with van der Waals surface area (Å²) in [6.45, 7) is 10.9. The van der Waals surface area contributed by atoms with E-state index < -0.39 is 6.29 Å². The van der Waals surface area contributed by atoms with Crippen molar-refractivity contribution in [2.24, 2.45) is 5.92 Å². The van der Waals surface area contributed by atoms with Crippen LogP contribution in [0.4, 0.5) is 4.79 Å². The predicted octanol–water partition coefficient (Wildman–Crippen LogP) is 6.02. The van der Waals surface area contributed by atoms with E-state index in [-0.39, 0.29) is 30.8 Å². The topological polar surface area (TPSA) is 86.3 Å². The van der Waals surface area contributed by atoms with Gasteiger partial charge in [-0.25, -0.2) is 4.79 Å². The van der Waals surface area contributed by atoms with Gasteiger partial charge in [0.25, 0.3) is 0 Å². The van der Waals surface area contributed by atoms with Gasteiger partial charge in [0, 0.05) is 43.7 Å². The number of nitrogens with zero attached hydrogens (tertiary/aromatic N) is 2. The monoisotopic (exact) mass is 626 g/mol. The lowest BCUT2D eigenvalue weighted by molar-refractivity contribution is -0.276. The zero-order valence-corrected chi connectivity index (χ0v) is 27.4. The second-order valence-electron chi connectivity index (χ2n) is 13.2. The van der Waals surface area contributed by atoms with E-state index in [4.69, 9.17) is 9.47 Å². The van der Waals surface area contributed by atoms with Gasteiger partial charge in [-0.05, 0) is 92.2 Å². The third kappa shape index (κ3) is 7.99. The fourth-order valence-corrected chi connectivity index (χ4v) is 7.30. The normalized spacial score (nSPS) is 25.5. The molecule has 6 rings (SSSR count). The van der Waals surface area contributed by atoms with Crippen molar-refractivity contribution < 1.29 is 19.4 Å². The minimum absolute atomic E-state index is 0.00720. The van der Waals surface area contributed by atoms with E-state index in [9.17, 15) is 9.90 Å². The maximum Gasteiger partial charge on any atom is 0.315 e. The molecule has 3 aliphatic heterocycles. The number of carbonyl (C=O) groups is 1.